The molecule has 0 saturated heterocycles. The molecule has 136 valence electrons. The third-order valence-electron chi connectivity index (χ3n) is 4.88. The molecule has 1 aromatic carbocycles. The minimum Gasteiger partial charge on any atom is -0.494 e. The summed E-state index contributed by atoms with van der Waals surface area (Å²) in [4.78, 5) is 21.9. The molecule has 5 nitrogen and oxygen atoms in total. The first kappa shape index (κ1) is 18.1. The van der Waals surface area contributed by atoms with Gasteiger partial charge in [-0.1, -0.05) is 30.2 Å². The lowest BCUT2D eigenvalue weighted by Crippen LogP contribution is -2.39. The van der Waals surface area contributed by atoms with Crippen molar-refractivity contribution < 1.29 is 9.53 Å². The number of likely N-dealkylation sites (N-methyl/N-ethyl adjacent to an activating group) is 1. The van der Waals surface area contributed by atoms with Crippen molar-refractivity contribution in [2.45, 2.75) is 32.6 Å². The van der Waals surface area contributed by atoms with Crippen LogP contribution in [0.5, 0.6) is 5.75 Å². The van der Waals surface area contributed by atoms with Crippen molar-refractivity contribution in [1.29, 1.82) is 0 Å². The lowest BCUT2D eigenvalue weighted by molar-refractivity contribution is -0.122. The second kappa shape index (κ2) is 7.70. The highest BCUT2D eigenvalue weighted by molar-refractivity contribution is 7.22. The Labute approximate surface area is 153 Å². The summed E-state index contributed by atoms with van der Waals surface area (Å²) in [6, 6.07) is 4.00. The molecular formula is C19H27N3O2S. The van der Waals surface area contributed by atoms with Gasteiger partial charge in [0.1, 0.15) is 11.3 Å². The molecule has 0 bridgehead atoms. The second-order valence-electron chi connectivity index (χ2n) is 7.03. The maximum absolute atomic E-state index is 13.1. The number of carbonyl (C=O) groups is 1. The van der Waals surface area contributed by atoms with Gasteiger partial charge in [-0.3, -0.25) is 9.69 Å². The van der Waals surface area contributed by atoms with Gasteiger partial charge in [-0.25, -0.2) is 4.98 Å². The average molecular weight is 362 g/mol. The summed E-state index contributed by atoms with van der Waals surface area (Å²) in [5.74, 6) is 1.15. The first-order chi connectivity index (χ1) is 12.0. The molecule has 0 radical (unpaired) electrons. The van der Waals surface area contributed by atoms with Crippen LogP contribution in [0.3, 0.4) is 0 Å². The van der Waals surface area contributed by atoms with Gasteiger partial charge in [-0.2, -0.15) is 0 Å². The van der Waals surface area contributed by atoms with E-state index in [2.05, 4.69) is 11.8 Å². The van der Waals surface area contributed by atoms with Gasteiger partial charge in [-0.15, -0.1) is 0 Å². The summed E-state index contributed by atoms with van der Waals surface area (Å²) in [6.45, 7) is 3.57. The van der Waals surface area contributed by atoms with E-state index in [-0.39, 0.29) is 11.8 Å². The largest absolute Gasteiger partial charge is 0.494 e. The fraction of sp³-hybridized carbons (Fsp3) is 0.579. The van der Waals surface area contributed by atoms with E-state index < -0.39 is 0 Å². The lowest BCUT2D eigenvalue weighted by Gasteiger charge is -2.24. The van der Waals surface area contributed by atoms with Crippen molar-refractivity contribution in [3.63, 3.8) is 0 Å². The van der Waals surface area contributed by atoms with Gasteiger partial charge in [0, 0.05) is 19.0 Å². The molecule has 1 saturated carbocycles. The number of hydrogen-bond acceptors (Lipinski definition) is 5. The number of benzene rings is 1. The minimum atomic E-state index is 0.150. The summed E-state index contributed by atoms with van der Waals surface area (Å²) < 4.78 is 6.57. The predicted molar refractivity (Wildman–Crippen MR) is 104 cm³/mol. The third kappa shape index (κ3) is 3.80. The molecule has 0 N–H and O–H groups in total. The van der Waals surface area contributed by atoms with Crippen molar-refractivity contribution in [3.8, 4) is 5.75 Å². The van der Waals surface area contributed by atoms with E-state index in [1.165, 1.54) is 5.56 Å². The van der Waals surface area contributed by atoms with Gasteiger partial charge < -0.3 is 9.64 Å². The van der Waals surface area contributed by atoms with Gasteiger partial charge in [-0.05, 0) is 45.5 Å². The van der Waals surface area contributed by atoms with Crippen molar-refractivity contribution in [2.24, 2.45) is 5.92 Å². The molecule has 3 rings (SSSR count). The molecule has 1 aromatic heterocycles. The summed E-state index contributed by atoms with van der Waals surface area (Å²) in [7, 11) is 5.73. The SMILES string of the molecule is COc1ccc(C)c2sc(N(CCN(C)C)C(=O)C3CCCC3)nc12. The van der Waals surface area contributed by atoms with Gasteiger partial charge in [0.2, 0.25) is 5.91 Å². The van der Waals surface area contributed by atoms with Crippen molar-refractivity contribution in [1.82, 2.24) is 9.88 Å². The topological polar surface area (TPSA) is 45.7 Å². The highest BCUT2D eigenvalue weighted by Crippen LogP contribution is 2.37. The first-order valence-corrected chi connectivity index (χ1v) is 9.73. The smallest absolute Gasteiger partial charge is 0.231 e. The highest BCUT2D eigenvalue weighted by Gasteiger charge is 2.30. The van der Waals surface area contributed by atoms with E-state index in [4.69, 9.17) is 9.72 Å². The van der Waals surface area contributed by atoms with Crippen LogP contribution in [0.25, 0.3) is 10.2 Å². The number of fused-ring (bicyclic) bond motifs is 1. The molecule has 1 amide bonds. The van der Waals surface area contributed by atoms with Crippen LogP contribution in [0.15, 0.2) is 12.1 Å². The molecule has 1 heterocycles. The fourth-order valence-electron chi connectivity index (χ4n) is 3.37. The van der Waals surface area contributed by atoms with Gasteiger partial charge in [0.05, 0.1) is 11.8 Å². The monoisotopic (exact) mass is 361 g/mol. The Bertz CT molecular complexity index is 750. The van der Waals surface area contributed by atoms with Gasteiger partial charge in [0.25, 0.3) is 0 Å². The van der Waals surface area contributed by atoms with E-state index in [0.29, 0.717) is 6.54 Å². The van der Waals surface area contributed by atoms with Crippen LogP contribution >= 0.6 is 11.3 Å². The van der Waals surface area contributed by atoms with Gasteiger partial charge >= 0.3 is 0 Å². The molecule has 1 fully saturated rings. The summed E-state index contributed by atoms with van der Waals surface area (Å²) in [5.41, 5.74) is 2.02. The molecule has 1 aliphatic carbocycles. The minimum absolute atomic E-state index is 0.150. The first-order valence-electron chi connectivity index (χ1n) is 8.91. The van der Waals surface area contributed by atoms with E-state index in [0.717, 1.165) is 53.3 Å². The van der Waals surface area contributed by atoms with Crippen LogP contribution in [0, 0.1) is 12.8 Å². The Morgan fingerprint density at radius 1 is 1.28 bits per heavy atom. The van der Waals surface area contributed by atoms with Crippen molar-refractivity contribution in [2.75, 3.05) is 39.2 Å². The molecule has 25 heavy (non-hydrogen) atoms. The van der Waals surface area contributed by atoms with Crippen LogP contribution in [0.1, 0.15) is 31.2 Å². The molecule has 0 spiro atoms. The number of aryl methyl sites for hydroxylation is 1. The molecule has 1 aliphatic rings. The number of hydrogen-bond donors (Lipinski definition) is 0. The summed E-state index contributed by atoms with van der Waals surface area (Å²) in [5, 5.41) is 0.793. The molecule has 0 atom stereocenters. The number of nitrogens with zero attached hydrogens (tertiary/aromatic N) is 3. The third-order valence-corrected chi connectivity index (χ3v) is 6.10. The Kier molecular flexibility index (Phi) is 5.59. The lowest BCUT2D eigenvalue weighted by atomic mass is 10.1. The van der Waals surface area contributed by atoms with Crippen LogP contribution in [0.4, 0.5) is 5.13 Å². The number of thiazole rings is 1. The number of ether oxygens (including phenoxy) is 1. The fourth-order valence-corrected chi connectivity index (χ4v) is 4.45. The molecule has 0 unspecified atom stereocenters. The highest BCUT2D eigenvalue weighted by atomic mass is 32.1. The molecule has 2 aromatic rings. The van der Waals surface area contributed by atoms with Crippen LogP contribution in [-0.2, 0) is 4.79 Å². The molecule has 6 heteroatoms. The normalized spacial score (nSPS) is 15.2. The Balaban J connectivity index is 1.98. The van der Waals surface area contributed by atoms with E-state index >= 15 is 0 Å². The number of rotatable bonds is 6. The predicted octanol–water partition coefficient (Wildman–Crippen LogP) is 3.70. The van der Waals surface area contributed by atoms with E-state index in [1.54, 1.807) is 18.4 Å². The maximum Gasteiger partial charge on any atom is 0.231 e. The van der Waals surface area contributed by atoms with Crippen molar-refractivity contribution >= 4 is 32.6 Å². The second-order valence-corrected chi connectivity index (χ2v) is 8.01. The molecular weight excluding hydrogens is 334 g/mol. The molecule has 0 aliphatic heterocycles. The number of aromatic nitrogens is 1. The van der Waals surface area contributed by atoms with Crippen LogP contribution in [0.2, 0.25) is 0 Å². The average Bonchev–Trinajstić information content (AvgIpc) is 3.25. The Hall–Kier alpha value is -1.66. The van der Waals surface area contributed by atoms with E-state index in [1.807, 2.05) is 31.1 Å². The Morgan fingerprint density at radius 2 is 2.00 bits per heavy atom. The quantitative estimate of drug-likeness (QED) is 0.787. The maximum atomic E-state index is 13.1. The number of carbonyl (C=O) groups excluding carboxylic acids is 1. The summed E-state index contributed by atoms with van der Waals surface area (Å²) in [6.07, 6.45) is 4.32. The number of methoxy groups -OCH3 is 1. The summed E-state index contributed by atoms with van der Waals surface area (Å²) >= 11 is 1.60. The van der Waals surface area contributed by atoms with Crippen molar-refractivity contribution in [3.05, 3.63) is 17.7 Å². The Morgan fingerprint density at radius 3 is 2.64 bits per heavy atom. The number of amides is 1. The zero-order valence-corrected chi connectivity index (χ0v) is 16.4. The zero-order valence-electron chi connectivity index (χ0n) is 15.5. The van der Waals surface area contributed by atoms with E-state index in [9.17, 15) is 4.79 Å². The van der Waals surface area contributed by atoms with Crippen LogP contribution in [-0.4, -0.2) is 50.1 Å². The van der Waals surface area contributed by atoms with Crippen LogP contribution < -0.4 is 9.64 Å². The number of anilines is 1. The zero-order chi connectivity index (χ0) is 18.0. The van der Waals surface area contributed by atoms with Gasteiger partial charge in [0.15, 0.2) is 5.13 Å². The standard InChI is InChI=1S/C19H27N3O2S/c1-13-9-10-15(24-4)16-17(13)25-19(20-16)22(12-11-21(2)3)18(23)14-7-5-6-8-14/h9-10,14H,5-8,11-12H2,1-4H3.